The highest BCUT2D eigenvalue weighted by Crippen LogP contribution is 2.43. The van der Waals surface area contributed by atoms with E-state index in [2.05, 4.69) is 17.1 Å². The maximum Gasteiger partial charge on any atom is 0.250 e. The molecule has 2 aromatic rings. The Hall–Kier alpha value is -2.36. The summed E-state index contributed by atoms with van der Waals surface area (Å²) < 4.78 is 5.44. The topological polar surface area (TPSA) is 65.2 Å². The number of ether oxygens (including phenoxy) is 1. The summed E-state index contributed by atoms with van der Waals surface area (Å²) >= 11 is 0. The maximum absolute atomic E-state index is 11.7. The van der Waals surface area contributed by atoms with E-state index in [1.54, 1.807) is 19.2 Å². The van der Waals surface area contributed by atoms with E-state index in [1.165, 1.54) is 18.4 Å². The van der Waals surface area contributed by atoms with E-state index in [9.17, 15) is 4.79 Å². The van der Waals surface area contributed by atoms with Crippen molar-refractivity contribution in [2.75, 3.05) is 7.11 Å². The van der Waals surface area contributed by atoms with Crippen LogP contribution in [0.3, 0.4) is 0 Å². The van der Waals surface area contributed by atoms with Gasteiger partial charge in [0.2, 0.25) is 0 Å². The fourth-order valence-corrected chi connectivity index (χ4v) is 2.54. The van der Waals surface area contributed by atoms with Crippen molar-refractivity contribution in [2.24, 2.45) is 5.73 Å². The van der Waals surface area contributed by atoms with Gasteiger partial charge in [-0.1, -0.05) is 6.07 Å². The summed E-state index contributed by atoms with van der Waals surface area (Å²) in [4.78, 5) is 16.2. The number of carbonyl (C=O) groups excluding carboxylic acids is 1. The van der Waals surface area contributed by atoms with Crippen molar-refractivity contribution in [3.8, 4) is 17.0 Å². The molecule has 1 aromatic carbocycles. The lowest BCUT2D eigenvalue weighted by Gasteiger charge is -2.13. The van der Waals surface area contributed by atoms with E-state index in [1.807, 2.05) is 13.0 Å². The molecule has 4 nitrogen and oxygen atoms in total. The average molecular weight is 282 g/mol. The predicted octanol–water partition coefficient (Wildman–Crippen LogP) is 3.04. The fourth-order valence-electron chi connectivity index (χ4n) is 2.54. The highest BCUT2D eigenvalue weighted by molar-refractivity contribution is 5.99. The van der Waals surface area contributed by atoms with Crippen LogP contribution in [0.4, 0.5) is 0 Å². The number of hydrogen-bond donors (Lipinski definition) is 1. The first-order valence-electron chi connectivity index (χ1n) is 7.06. The third-order valence-corrected chi connectivity index (χ3v) is 3.83. The SMILES string of the molecule is COc1ccc(C2CC2)cc1-c1nc(C)ccc1C(N)=O. The van der Waals surface area contributed by atoms with Crippen molar-refractivity contribution in [1.29, 1.82) is 0 Å². The molecule has 0 aliphatic heterocycles. The molecule has 0 atom stereocenters. The number of methoxy groups -OCH3 is 1. The quantitative estimate of drug-likeness (QED) is 0.937. The highest BCUT2D eigenvalue weighted by Gasteiger charge is 2.25. The van der Waals surface area contributed by atoms with E-state index >= 15 is 0 Å². The number of aryl methyl sites for hydroxylation is 1. The molecular weight excluding hydrogens is 264 g/mol. The van der Waals surface area contributed by atoms with Crippen LogP contribution in [-0.4, -0.2) is 18.0 Å². The zero-order chi connectivity index (χ0) is 15.0. The van der Waals surface area contributed by atoms with Crippen molar-refractivity contribution in [2.45, 2.75) is 25.7 Å². The Bertz CT molecular complexity index is 706. The molecule has 1 amide bonds. The minimum absolute atomic E-state index is 0.423. The van der Waals surface area contributed by atoms with E-state index in [0.29, 0.717) is 22.9 Å². The van der Waals surface area contributed by atoms with E-state index in [-0.39, 0.29) is 0 Å². The van der Waals surface area contributed by atoms with E-state index in [0.717, 1.165) is 11.3 Å². The van der Waals surface area contributed by atoms with Gasteiger partial charge in [0.15, 0.2) is 0 Å². The third kappa shape index (κ3) is 2.61. The zero-order valence-electron chi connectivity index (χ0n) is 12.2. The number of nitrogens with zero attached hydrogens (tertiary/aromatic N) is 1. The van der Waals surface area contributed by atoms with Crippen molar-refractivity contribution >= 4 is 5.91 Å². The Balaban J connectivity index is 2.20. The van der Waals surface area contributed by atoms with Gasteiger partial charge in [0.1, 0.15) is 5.75 Å². The molecule has 1 aliphatic carbocycles. The van der Waals surface area contributed by atoms with Gasteiger partial charge in [0, 0.05) is 11.3 Å². The largest absolute Gasteiger partial charge is 0.496 e. The number of benzene rings is 1. The van der Waals surface area contributed by atoms with Gasteiger partial charge in [-0.3, -0.25) is 9.78 Å². The fraction of sp³-hybridized carbons (Fsp3) is 0.294. The van der Waals surface area contributed by atoms with Gasteiger partial charge in [-0.25, -0.2) is 0 Å². The number of aromatic nitrogens is 1. The third-order valence-electron chi connectivity index (χ3n) is 3.83. The second-order valence-electron chi connectivity index (χ2n) is 5.45. The van der Waals surface area contributed by atoms with Crippen LogP contribution in [0.15, 0.2) is 30.3 Å². The number of hydrogen-bond acceptors (Lipinski definition) is 3. The van der Waals surface area contributed by atoms with Gasteiger partial charge < -0.3 is 10.5 Å². The van der Waals surface area contributed by atoms with Crippen molar-refractivity contribution in [1.82, 2.24) is 4.98 Å². The summed E-state index contributed by atoms with van der Waals surface area (Å²) in [5, 5.41) is 0. The standard InChI is InChI=1S/C17H18N2O2/c1-10-3-7-13(17(18)20)16(19-10)14-9-12(11-4-5-11)6-8-15(14)21-2/h3,6-9,11H,4-5H2,1-2H3,(H2,18,20). The van der Waals surface area contributed by atoms with E-state index in [4.69, 9.17) is 10.5 Å². The Morgan fingerprint density at radius 1 is 1.29 bits per heavy atom. The van der Waals surface area contributed by atoms with Gasteiger partial charge in [0.25, 0.3) is 5.91 Å². The first kappa shape index (κ1) is 13.6. The predicted molar refractivity (Wildman–Crippen MR) is 81.5 cm³/mol. The van der Waals surface area contributed by atoms with Crippen molar-refractivity contribution in [3.63, 3.8) is 0 Å². The minimum Gasteiger partial charge on any atom is -0.496 e. The second kappa shape index (κ2) is 5.20. The molecule has 0 bridgehead atoms. The molecule has 1 fully saturated rings. The van der Waals surface area contributed by atoms with Crippen LogP contribution >= 0.6 is 0 Å². The van der Waals surface area contributed by atoms with Gasteiger partial charge in [-0.2, -0.15) is 0 Å². The summed E-state index contributed by atoms with van der Waals surface area (Å²) in [6.07, 6.45) is 2.44. The molecule has 1 aromatic heterocycles. The van der Waals surface area contributed by atoms with Crippen LogP contribution in [0, 0.1) is 6.92 Å². The van der Waals surface area contributed by atoms with Gasteiger partial charge in [-0.15, -0.1) is 0 Å². The van der Waals surface area contributed by atoms with Crippen LogP contribution in [0.2, 0.25) is 0 Å². The molecule has 1 aliphatic rings. The van der Waals surface area contributed by atoms with Crippen LogP contribution in [-0.2, 0) is 0 Å². The highest BCUT2D eigenvalue weighted by atomic mass is 16.5. The van der Waals surface area contributed by atoms with Crippen molar-refractivity contribution < 1.29 is 9.53 Å². The number of amides is 1. The first-order valence-corrected chi connectivity index (χ1v) is 7.06. The zero-order valence-corrected chi connectivity index (χ0v) is 12.2. The molecular formula is C17H18N2O2. The summed E-state index contributed by atoms with van der Waals surface area (Å²) in [5.41, 5.74) is 9.45. The lowest BCUT2D eigenvalue weighted by molar-refractivity contribution is 0.100. The molecule has 0 unspecified atom stereocenters. The Labute approximate surface area is 124 Å². The maximum atomic E-state index is 11.7. The lowest BCUT2D eigenvalue weighted by Crippen LogP contribution is -2.13. The molecule has 1 heterocycles. The molecule has 0 radical (unpaired) electrons. The number of carbonyl (C=O) groups is 1. The van der Waals surface area contributed by atoms with Crippen LogP contribution in [0.25, 0.3) is 11.3 Å². The van der Waals surface area contributed by atoms with Gasteiger partial charge in [0.05, 0.1) is 18.4 Å². The number of primary amides is 1. The number of rotatable bonds is 4. The first-order chi connectivity index (χ1) is 10.1. The van der Waals surface area contributed by atoms with Crippen LogP contribution < -0.4 is 10.5 Å². The molecule has 108 valence electrons. The number of nitrogens with two attached hydrogens (primary N) is 1. The lowest BCUT2D eigenvalue weighted by atomic mass is 9.99. The minimum atomic E-state index is -0.476. The van der Waals surface area contributed by atoms with Crippen LogP contribution in [0.1, 0.15) is 40.4 Å². The molecule has 21 heavy (non-hydrogen) atoms. The van der Waals surface area contributed by atoms with Crippen molar-refractivity contribution in [3.05, 3.63) is 47.2 Å². The Morgan fingerprint density at radius 2 is 2.05 bits per heavy atom. The van der Waals surface area contributed by atoms with E-state index < -0.39 is 5.91 Å². The summed E-state index contributed by atoms with van der Waals surface area (Å²) in [6.45, 7) is 1.89. The molecule has 1 saturated carbocycles. The van der Waals surface area contributed by atoms with Crippen LogP contribution in [0.5, 0.6) is 5.75 Å². The molecule has 0 saturated heterocycles. The molecule has 0 spiro atoms. The smallest absolute Gasteiger partial charge is 0.250 e. The monoisotopic (exact) mass is 282 g/mol. The molecule has 3 rings (SSSR count). The molecule has 2 N–H and O–H groups in total. The molecule has 4 heteroatoms. The number of pyridine rings is 1. The summed E-state index contributed by atoms with van der Waals surface area (Å²) in [6, 6.07) is 9.62. The second-order valence-corrected chi connectivity index (χ2v) is 5.45. The van der Waals surface area contributed by atoms with Gasteiger partial charge >= 0.3 is 0 Å². The summed E-state index contributed by atoms with van der Waals surface area (Å²) in [7, 11) is 1.62. The average Bonchev–Trinajstić information content (AvgIpc) is 3.30. The Morgan fingerprint density at radius 3 is 2.67 bits per heavy atom. The van der Waals surface area contributed by atoms with Gasteiger partial charge in [-0.05, 0) is 55.5 Å². The normalized spacial score (nSPS) is 14.0. The summed E-state index contributed by atoms with van der Waals surface area (Å²) in [5.74, 6) is 0.855. The Kier molecular flexibility index (Phi) is 3.37.